The van der Waals surface area contributed by atoms with Gasteiger partial charge in [-0.2, -0.15) is 0 Å². The number of nitrogens with zero attached hydrogens (tertiary/aromatic N) is 3. The Kier molecular flexibility index (Phi) is 5.26. The summed E-state index contributed by atoms with van der Waals surface area (Å²) < 4.78 is 4.18. The first-order chi connectivity index (χ1) is 10.1. The lowest BCUT2D eigenvalue weighted by Gasteiger charge is -2.12. The van der Waals surface area contributed by atoms with Crippen molar-refractivity contribution < 1.29 is 10.0 Å². The fraction of sp³-hybridized carbons (Fsp3) is 0.273. The Hall–Kier alpha value is -1.97. The zero-order chi connectivity index (χ0) is 15.2. The molecule has 0 bridgehead atoms. The summed E-state index contributed by atoms with van der Waals surface area (Å²) in [5.74, 6) is 0. The highest BCUT2D eigenvalue weighted by Gasteiger charge is 2.12. The van der Waals surface area contributed by atoms with Crippen LogP contribution in [0.4, 0.5) is 17.1 Å². The maximum absolute atomic E-state index is 10.8. The van der Waals surface area contributed by atoms with E-state index in [0.29, 0.717) is 34.5 Å². The first-order valence-electron chi connectivity index (χ1n) is 5.95. The van der Waals surface area contributed by atoms with Gasteiger partial charge in [0.05, 0.1) is 29.4 Å². The average molecular weight is 330 g/mol. The van der Waals surface area contributed by atoms with Crippen LogP contribution in [0.2, 0.25) is 4.34 Å². The van der Waals surface area contributed by atoms with Crippen LogP contribution in [-0.2, 0) is 6.54 Å². The summed E-state index contributed by atoms with van der Waals surface area (Å²) in [4.78, 5) is 10.4. The molecule has 2 rings (SSSR count). The summed E-state index contributed by atoms with van der Waals surface area (Å²) >= 11 is 6.98. The summed E-state index contributed by atoms with van der Waals surface area (Å²) in [5.41, 5.74) is 1.71. The van der Waals surface area contributed by atoms with Crippen molar-refractivity contribution in [2.45, 2.75) is 6.54 Å². The van der Waals surface area contributed by atoms with E-state index in [2.05, 4.69) is 20.2 Å². The third kappa shape index (κ3) is 4.00. The minimum Gasteiger partial charge on any atom is -0.395 e. The third-order valence-electron chi connectivity index (χ3n) is 2.60. The normalized spacial score (nSPS) is 10.4. The molecule has 0 fully saturated rings. The first kappa shape index (κ1) is 15.4. The van der Waals surface area contributed by atoms with E-state index < -0.39 is 4.92 Å². The van der Waals surface area contributed by atoms with Crippen molar-refractivity contribution in [1.82, 2.24) is 9.59 Å². The Bertz CT molecular complexity index is 636. The molecule has 0 unspecified atom stereocenters. The molecule has 0 saturated heterocycles. The second-order valence-corrected chi connectivity index (χ2v) is 5.34. The highest BCUT2D eigenvalue weighted by molar-refractivity contribution is 7.10. The number of aliphatic hydroxyl groups is 1. The number of hydrogen-bond donors (Lipinski definition) is 3. The first-order valence-corrected chi connectivity index (χ1v) is 7.10. The lowest BCUT2D eigenvalue weighted by molar-refractivity contribution is -0.384. The van der Waals surface area contributed by atoms with Crippen LogP contribution in [-0.4, -0.2) is 32.8 Å². The zero-order valence-electron chi connectivity index (χ0n) is 10.7. The third-order valence-corrected chi connectivity index (χ3v) is 3.58. The van der Waals surface area contributed by atoms with Crippen LogP contribution in [0.1, 0.15) is 5.69 Å². The molecule has 1 aromatic heterocycles. The summed E-state index contributed by atoms with van der Waals surface area (Å²) in [6, 6.07) is 4.38. The Labute approximate surface area is 129 Å². The molecular weight excluding hydrogens is 318 g/mol. The number of anilines is 2. The predicted octanol–water partition coefficient (Wildman–Crippen LogP) is 2.12. The maximum atomic E-state index is 10.8. The number of rotatable bonds is 7. The quantitative estimate of drug-likeness (QED) is 0.526. The molecule has 0 radical (unpaired) electrons. The molecule has 0 aliphatic heterocycles. The van der Waals surface area contributed by atoms with Crippen LogP contribution in [0.5, 0.6) is 0 Å². The fourth-order valence-electron chi connectivity index (χ4n) is 1.62. The molecule has 3 N–H and O–H groups in total. The molecular formula is C11H12ClN5O3S. The molecule has 0 amide bonds. The topological polar surface area (TPSA) is 113 Å². The Morgan fingerprint density at radius 2 is 2.19 bits per heavy atom. The second kappa shape index (κ2) is 7.16. The minimum atomic E-state index is -0.474. The van der Waals surface area contributed by atoms with Crippen LogP contribution in [0.3, 0.4) is 0 Å². The van der Waals surface area contributed by atoms with Gasteiger partial charge in [0.2, 0.25) is 0 Å². The molecule has 0 saturated carbocycles. The van der Waals surface area contributed by atoms with Crippen LogP contribution >= 0.6 is 23.1 Å². The Morgan fingerprint density at radius 3 is 2.81 bits per heavy atom. The highest BCUT2D eigenvalue weighted by Crippen LogP contribution is 2.28. The molecule has 0 aliphatic rings. The van der Waals surface area contributed by atoms with Gasteiger partial charge in [-0.3, -0.25) is 10.1 Å². The smallest absolute Gasteiger partial charge is 0.271 e. The number of halogens is 1. The Morgan fingerprint density at radius 1 is 1.38 bits per heavy atom. The van der Waals surface area contributed by atoms with E-state index >= 15 is 0 Å². The molecule has 10 heteroatoms. The molecule has 8 nitrogen and oxygen atoms in total. The minimum absolute atomic E-state index is 0.0328. The lowest BCUT2D eigenvalue weighted by Crippen LogP contribution is -2.09. The van der Waals surface area contributed by atoms with Gasteiger partial charge in [-0.1, -0.05) is 16.1 Å². The van der Waals surface area contributed by atoms with Crippen molar-refractivity contribution in [2.24, 2.45) is 0 Å². The molecule has 0 aliphatic carbocycles. The van der Waals surface area contributed by atoms with Crippen molar-refractivity contribution in [2.75, 3.05) is 23.8 Å². The van der Waals surface area contributed by atoms with Crippen LogP contribution < -0.4 is 10.6 Å². The number of nitro benzene ring substituents is 1. The number of nitro groups is 1. The molecule has 1 heterocycles. The number of nitrogens with one attached hydrogen (secondary N) is 2. The van der Waals surface area contributed by atoms with E-state index in [4.69, 9.17) is 16.7 Å². The van der Waals surface area contributed by atoms with Gasteiger partial charge >= 0.3 is 0 Å². The molecule has 0 atom stereocenters. The van der Waals surface area contributed by atoms with Gasteiger partial charge in [0.15, 0.2) is 0 Å². The summed E-state index contributed by atoms with van der Waals surface area (Å²) in [7, 11) is 0. The largest absolute Gasteiger partial charge is 0.395 e. The number of non-ortho nitro benzene ring substituents is 1. The zero-order valence-corrected chi connectivity index (χ0v) is 12.3. The van der Waals surface area contributed by atoms with E-state index in [0.717, 1.165) is 11.5 Å². The van der Waals surface area contributed by atoms with Gasteiger partial charge in [0, 0.05) is 30.2 Å². The van der Waals surface area contributed by atoms with E-state index in [-0.39, 0.29) is 12.3 Å². The van der Waals surface area contributed by atoms with Crippen LogP contribution in [0.25, 0.3) is 0 Å². The van der Waals surface area contributed by atoms with E-state index in [1.165, 1.54) is 12.1 Å². The predicted molar refractivity (Wildman–Crippen MR) is 80.9 cm³/mol. The Balaban J connectivity index is 2.19. The van der Waals surface area contributed by atoms with Gasteiger partial charge < -0.3 is 15.7 Å². The highest BCUT2D eigenvalue weighted by atomic mass is 35.5. The lowest BCUT2D eigenvalue weighted by atomic mass is 10.2. The van der Waals surface area contributed by atoms with E-state index in [1.807, 2.05) is 0 Å². The molecule has 21 heavy (non-hydrogen) atoms. The summed E-state index contributed by atoms with van der Waals surface area (Å²) in [6.45, 7) is 0.591. The van der Waals surface area contributed by atoms with Gasteiger partial charge in [-0.25, -0.2) is 0 Å². The van der Waals surface area contributed by atoms with Crippen LogP contribution in [0.15, 0.2) is 18.2 Å². The van der Waals surface area contributed by atoms with Gasteiger partial charge in [0.25, 0.3) is 5.69 Å². The number of aromatic nitrogens is 2. The second-order valence-electron chi connectivity index (χ2n) is 3.98. The summed E-state index contributed by atoms with van der Waals surface area (Å²) in [6.07, 6.45) is 0. The van der Waals surface area contributed by atoms with Crippen molar-refractivity contribution in [3.8, 4) is 0 Å². The maximum Gasteiger partial charge on any atom is 0.271 e. The molecule has 1 aromatic carbocycles. The van der Waals surface area contributed by atoms with Crippen molar-refractivity contribution >= 4 is 40.2 Å². The van der Waals surface area contributed by atoms with Gasteiger partial charge in [-0.05, 0) is 6.07 Å². The van der Waals surface area contributed by atoms with Crippen molar-refractivity contribution in [3.63, 3.8) is 0 Å². The van der Waals surface area contributed by atoms with Crippen molar-refractivity contribution in [3.05, 3.63) is 38.3 Å². The molecule has 0 spiro atoms. The average Bonchev–Trinajstić information content (AvgIpc) is 2.88. The molecule has 2 aromatic rings. The van der Waals surface area contributed by atoms with Crippen LogP contribution in [0, 0.1) is 10.1 Å². The monoisotopic (exact) mass is 329 g/mol. The fourth-order valence-corrected chi connectivity index (χ4v) is 2.24. The number of benzene rings is 1. The summed E-state index contributed by atoms with van der Waals surface area (Å²) in [5, 5.41) is 29.6. The van der Waals surface area contributed by atoms with Gasteiger partial charge in [0.1, 0.15) is 10.0 Å². The standard InChI is InChI=1S/C11H12ClN5O3S/c12-11-10(15-16-21-11)6-14-9-5-7(17(19)20)1-2-8(9)13-3-4-18/h1-2,5,13-14,18H,3-4,6H2. The van der Waals surface area contributed by atoms with E-state index in [9.17, 15) is 10.1 Å². The number of hydrogen-bond acceptors (Lipinski definition) is 8. The molecule has 112 valence electrons. The van der Waals surface area contributed by atoms with E-state index in [1.54, 1.807) is 6.07 Å². The SMILES string of the molecule is O=[N+]([O-])c1ccc(NCCO)c(NCc2nnsc2Cl)c1. The van der Waals surface area contributed by atoms with Crippen molar-refractivity contribution in [1.29, 1.82) is 0 Å². The van der Waals surface area contributed by atoms with Gasteiger partial charge in [-0.15, -0.1) is 5.10 Å². The number of aliphatic hydroxyl groups excluding tert-OH is 1.